The van der Waals surface area contributed by atoms with Gasteiger partial charge >= 0.3 is 0 Å². The highest BCUT2D eigenvalue weighted by atomic mass is 16.3. The molecule has 1 aromatic heterocycles. The van der Waals surface area contributed by atoms with Crippen LogP contribution in [-0.4, -0.2) is 33.5 Å². The van der Waals surface area contributed by atoms with E-state index < -0.39 is 0 Å². The normalized spacial score (nSPS) is 27.0. The summed E-state index contributed by atoms with van der Waals surface area (Å²) in [4.78, 5) is 4.01. The Kier molecular flexibility index (Phi) is 3.70. The van der Waals surface area contributed by atoms with Gasteiger partial charge in [-0.2, -0.15) is 5.10 Å². The van der Waals surface area contributed by atoms with Gasteiger partial charge in [-0.3, -0.25) is 4.68 Å². The summed E-state index contributed by atoms with van der Waals surface area (Å²) in [6.07, 6.45) is 11.6. The van der Waals surface area contributed by atoms with E-state index in [0.29, 0.717) is 5.84 Å². The molecule has 1 aliphatic heterocycles. The second-order valence-corrected chi connectivity index (χ2v) is 5.45. The molecule has 1 fully saturated rings. The summed E-state index contributed by atoms with van der Waals surface area (Å²) >= 11 is 0. The number of aliphatic hydroxyl groups is 1. The minimum atomic E-state index is 0.195. The van der Waals surface area contributed by atoms with Crippen molar-refractivity contribution in [3.05, 3.63) is 35.8 Å². The van der Waals surface area contributed by atoms with Crippen molar-refractivity contribution in [2.75, 3.05) is 6.61 Å². The SMILES string of the molecule is N=C/C(=C1/C=CN=C1N)c1cnn(C2CCCC2CO)c1. The van der Waals surface area contributed by atoms with Crippen molar-refractivity contribution < 1.29 is 5.11 Å². The zero-order chi connectivity index (χ0) is 14.8. The first-order chi connectivity index (χ1) is 10.2. The molecule has 0 bridgehead atoms. The molecule has 0 aromatic carbocycles. The molecule has 110 valence electrons. The Morgan fingerprint density at radius 1 is 1.52 bits per heavy atom. The number of aliphatic hydroxyl groups excluding tert-OH is 1. The van der Waals surface area contributed by atoms with E-state index in [1.165, 1.54) is 6.21 Å². The lowest BCUT2D eigenvalue weighted by Gasteiger charge is -2.17. The number of aromatic nitrogens is 2. The van der Waals surface area contributed by atoms with Crippen LogP contribution in [0.25, 0.3) is 5.57 Å². The van der Waals surface area contributed by atoms with Crippen molar-refractivity contribution in [2.24, 2.45) is 16.6 Å². The lowest BCUT2D eigenvalue weighted by atomic mass is 10.0. The molecule has 2 unspecified atom stereocenters. The highest BCUT2D eigenvalue weighted by molar-refractivity contribution is 6.21. The summed E-state index contributed by atoms with van der Waals surface area (Å²) < 4.78 is 1.92. The summed E-state index contributed by atoms with van der Waals surface area (Å²) in [6, 6.07) is 0.242. The lowest BCUT2D eigenvalue weighted by molar-refractivity contribution is 0.190. The standard InChI is InChI=1S/C15H19N5O/c16-6-13(12-4-5-18-15(12)17)11-7-19-20(8-11)14-3-1-2-10(14)9-21/h4-8,10,14,16,21H,1-3,9H2,(H2,17,18)/b13-12+,16-6?. The highest BCUT2D eigenvalue weighted by Crippen LogP contribution is 2.35. The molecule has 0 spiro atoms. The number of rotatable bonds is 4. The van der Waals surface area contributed by atoms with Crippen molar-refractivity contribution in [1.82, 2.24) is 9.78 Å². The molecular weight excluding hydrogens is 266 g/mol. The molecule has 3 rings (SSSR count). The van der Waals surface area contributed by atoms with E-state index in [1.807, 2.05) is 10.9 Å². The van der Waals surface area contributed by atoms with Gasteiger partial charge in [0.2, 0.25) is 0 Å². The van der Waals surface area contributed by atoms with E-state index >= 15 is 0 Å². The fourth-order valence-corrected chi connectivity index (χ4v) is 3.13. The number of aliphatic imine (C=N–C) groups is 1. The molecule has 0 amide bonds. The van der Waals surface area contributed by atoms with Crippen LogP contribution in [0.15, 0.2) is 35.2 Å². The van der Waals surface area contributed by atoms with E-state index in [2.05, 4.69) is 10.1 Å². The molecule has 4 N–H and O–H groups in total. The highest BCUT2D eigenvalue weighted by Gasteiger charge is 2.29. The number of hydrogen-bond acceptors (Lipinski definition) is 5. The zero-order valence-electron chi connectivity index (χ0n) is 11.7. The molecular formula is C15H19N5O. The summed E-state index contributed by atoms with van der Waals surface area (Å²) in [5, 5.41) is 21.5. The Balaban J connectivity index is 1.93. The number of nitrogens with two attached hydrogens (primary N) is 1. The average Bonchev–Trinajstić information content (AvgIpc) is 3.20. The van der Waals surface area contributed by atoms with Crippen molar-refractivity contribution in [2.45, 2.75) is 25.3 Å². The monoisotopic (exact) mass is 285 g/mol. The van der Waals surface area contributed by atoms with E-state index in [-0.39, 0.29) is 18.6 Å². The largest absolute Gasteiger partial charge is 0.396 e. The van der Waals surface area contributed by atoms with Gasteiger partial charge in [0, 0.05) is 47.8 Å². The van der Waals surface area contributed by atoms with Crippen molar-refractivity contribution in [1.29, 1.82) is 5.41 Å². The van der Waals surface area contributed by atoms with Crippen LogP contribution in [0.4, 0.5) is 0 Å². The van der Waals surface area contributed by atoms with Crippen LogP contribution in [0, 0.1) is 11.3 Å². The molecule has 6 heteroatoms. The van der Waals surface area contributed by atoms with Gasteiger partial charge in [-0.1, -0.05) is 6.42 Å². The first kappa shape index (κ1) is 13.8. The van der Waals surface area contributed by atoms with Gasteiger partial charge in [0.25, 0.3) is 0 Å². The Morgan fingerprint density at radius 2 is 2.38 bits per heavy atom. The second-order valence-electron chi connectivity index (χ2n) is 5.45. The zero-order valence-corrected chi connectivity index (χ0v) is 11.7. The Morgan fingerprint density at radius 3 is 3.05 bits per heavy atom. The number of hydrogen-bond donors (Lipinski definition) is 3. The molecule has 0 saturated heterocycles. The molecule has 1 aromatic rings. The average molecular weight is 285 g/mol. The van der Waals surface area contributed by atoms with Crippen molar-refractivity contribution >= 4 is 17.6 Å². The Hall–Kier alpha value is -2.21. The van der Waals surface area contributed by atoms with Crippen LogP contribution in [-0.2, 0) is 0 Å². The molecule has 0 radical (unpaired) electrons. The molecule has 1 saturated carbocycles. The Bertz CT molecular complexity index is 640. The van der Waals surface area contributed by atoms with Gasteiger partial charge in [0.1, 0.15) is 5.84 Å². The molecule has 2 aliphatic rings. The summed E-state index contributed by atoms with van der Waals surface area (Å²) in [5.41, 5.74) is 8.16. The van der Waals surface area contributed by atoms with Crippen LogP contribution in [0.5, 0.6) is 0 Å². The van der Waals surface area contributed by atoms with Crippen LogP contribution in [0.3, 0.4) is 0 Å². The number of nitrogens with zero attached hydrogens (tertiary/aromatic N) is 3. The van der Waals surface area contributed by atoms with Crippen LogP contribution < -0.4 is 5.73 Å². The first-order valence-electron chi connectivity index (χ1n) is 7.15. The number of allylic oxidation sites excluding steroid dienone is 1. The first-order valence-corrected chi connectivity index (χ1v) is 7.15. The predicted octanol–water partition coefficient (Wildman–Crippen LogP) is 1.50. The third-order valence-electron chi connectivity index (χ3n) is 4.27. The van der Waals surface area contributed by atoms with Crippen LogP contribution in [0.1, 0.15) is 30.9 Å². The minimum absolute atomic E-state index is 0.195. The quantitative estimate of drug-likeness (QED) is 0.731. The predicted molar refractivity (Wildman–Crippen MR) is 82.2 cm³/mol. The van der Waals surface area contributed by atoms with Gasteiger partial charge in [-0.05, 0) is 18.9 Å². The van der Waals surface area contributed by atoms with Gasteiger partial charge in [-0.15, -0.1) is 0 Å². The lowest BCUT2D eigenvalue weighted by Crippen LogP contribution is -2.17. The maximum atomic E-state index is 9.44. The topological polar surface area (TPSA) is 100 Å². The third kappa shape index (κ3) is 2.42. The van der Waals surface area contributed by atoms with E-state index in [1.54, 1.807) is 18.5 Å². The molecule has 21 heavy (non-hydrogen) atoms. The third-order valence-corrected chi connectivity index (χ3v) is 4.27. The Labute approximate surface area is 123 Å². The van der Waals surface area contributed by atoms with Crippen molar-refractivity contribution in [3.8, 4) is 0 Å². The van der Waals surface area contributed by atoms with E-state index in [9.17, 15) is 5.11 Å². The molecule has 2 atom stereocenters. The maximum absolute atomic E-state index is 9.44. The van der Waals surface area contributed by atoms with E-state index in [4.69, 9.17) is 11.1 Å². The smallest absolute Gasteiger partial charge is 0.131 e. The fourth-order valence-electron chi connectivity index (χ4n) is 3.13. The molecule has 1 aliphatic carbocycles. The van der Waals surface area contributed by atoms with Crippen LogP contribution >= 0.6 is 0 Å². The molecule has 6 nitrogen and oxygen atoms in total. The summed E-state index contributed by atoms with van der Waals surface area (Å²) in [6.45, 7) is 0.195. The second kappa shape index (κ2) is 5.65. The maximum Gasteiger partial charge on any atom is 0.131 e. The van der Waals surface area contributed by atoms with Gasteiger partial charge < -0.3 is 16.2 Å². The van der Waals surface area contributed by atoms with Gasteiger partial charge in [-0.25, -0.2) is 4.99 Å². The fraction of sp³-hybridized carbons (Fsp3) is 0.400. The summed E-state index contributed by atoms with van der Waals surface area (Å²) in [5.74, 6) is 0.696. The van der Waals surface area contributed by atoms with Gasteiger partial charge in [0.15, 0.2) is 0 Å². The van der Waals surface area contributed by atoms with Crippen LogP contribution in [0.2, 0.25) is 0 Å². The minimum Gasteiger partial charge on any atom is -0.396 e. The van der Waals surface area contributed by atoms with E-state index in [0.717, 1.165) is 36.0 Å². The number of amidine groups is 1. The van der Waals surface area contributed by atoms with Gasteiger partial charge in [0.05, 0.1) is 12.2 Å². The van der Waals surface area contributed by atoms with Crippen molar-refractivity contribution in [3.63, 3.8) is 0 Å². The molecule has 2 heterocycles. The number of nitrogens with one attached hydrogen (secondary N) is 1. The summed E-state index contributed by atoms with van der Waals surface area (Å²) in [7, 11) is 0.